The highest BCUT2D eigenvalue weighted by Gasteiger charge is 2.12. The van der Waals surface area contributed by atoms with E-state index < -0.39 is 0 Å². The van der Waals surface area contributed by atoms with Crippen LogP contribution in [0.2, 0.25) is 0 Å². The summed E-state index contributed by atoms with van der Waals surface area (Å²) in [5.41, 5.74) is 7.92. The predicted molar refractivity (Wildman–Crippen MR) is 89.6 cm³/mol. The summed E-state index contributed by atoms with van der Waals surface area (Å²) >= 11 is 1.66. The van der Waals surface area contributed by atoms with Gasteiger partial charge in [0, 0.05) is 17.5 Å². The molecule has 0 fully saturated rings. The summed E-state index contributed by atoms with van der Waals surface area (Å²) in [5, 5.41) is 6.68. The molecule has 2 heterocycles. The average molecular weight is 298 g/mol. The van der Waals surface area contributed by atoms with E-state index in [1.165, 1.54) is 11.1 Å². The average Bonchev–Trinajstić information content (AvgIpc) is 2.97. The van der Waals surface area contributed by atoms with Gasteiger partial charge in [-0.1, -0.05) is 30.3 Å². The normalized spacial score (nSPS) is 10.9. The molecule has 0 aliphatic heterocycles. The maximum Gasteiger partial charge on any atom is 0.138 e. The van der Waals surface area contributed by atoms with Gasteiger partial charge in [-0.2, -0.15) is 0 Å². The van der Waals surface area contributed by atoms with E-state index in [0.717, 1.165) is 42.0 Å². The number of rotatable bonds is 6. The van der Waals surface area contributed by atoms with Gasteiger partial charge in [-0.3, -0.25) is 0 Å². The van der Waals surface area contributed by atoms with E-state index in [2.05, 4.69) is 44.9 Å². The van der Waals surface area contributed by atoms with Gasteiger partial charge in [0.25, 0.3) is 0 Å². The Labute approximate surface area is 128 Å². The second-order valence-corrected chi connectivity index (χ2v) is 5.70. The summed E-state index contributed by atoms with van der Waals surface area (Å²) in [6.45, 7) is 1.61. The lowest BCUT2D eigenvalue weighted by Crippen LogP contribution is -2.07. The molecule has 0 unspecified atom stereocenters. The zero-order valence-corrected chi connectivity index (χ0v) is 12.6. The molecule has 1 aromatic carbocycles. The van der Waals surface area contributed by atoms with Crippen molar-refractivity contribution in [2.75, 3.05) is 18.4 Å². The monoisotopic (exact) mass is 298 g/mol. The standard InChI is InChI=1S/C16H18N4S/c17-8-4-5-9-18-15-14-13(12-6-2-1-3-7-12)10-21-16(14)20-11-19-15/h1-3,6-7,10-11H,4-5,8-9,17H2,(H,18,19,20). The molecule has 21 heavy (non-hydrogen) atoms. The number of benzene rings is 1. The number of unbranched alkanes of at least 4 members (excludes halogenated alkanes) is 1. The van der Waals surface area contributed by atoms with Crippen LogP contribution in [-0.4, -0.2) is 23.1 Å². The molecule has 3 N–H and O–H groups in total. The molecule has 0 saturated carbocycles. The van der Waals surface area contributed by atoms with Gasteiger partial charge in [0.1, 0.15) is 17.0 Å². The van der Waals surface area contributed by atoms with Crippen LogP contribution < -0.4 is 11.1 Å². The Morgan fingerprint density at radius 1 is 1.10 bits per heavy atom. The van der Waals surface area contributed by atoms with Crippen molar-refractivity contribution < 1.29 is 0 Å². The first-order valence-corrected chi connectivity index (χ1v) is 7.99. The second kappa shape index (κ2) is 6.65. The smallest absolute Gasteiger partial charge is 0.138 e. The highest BCUT2D eigenvalue weighted by Crippen LogP contribution is 2.36. The lowest BCUT2D eigenvalue weighted by Gasteiger charge is -2.08. The van der Waals surface area contributed by atoms with E-state index in [1.807, 2.05) is 6.07 Å². The van der Waals surface area contributed by atoms with Crippen LogP contribution in [0.1, 0.15) is 12.8 Å². The van der Waals surface area contributed by atoms with E-state index in [4.69, 9.17) is 5.73 Å². The van der Waals surface area contributed by atoms with Crippen molar-refractivity contribution in [3.8, 4) is 11.1 Å². The molecular weight excluding hydrogens is 280 g/mol. The SMILES string of the molecule is NCCCCNc1ncnc2scc(-c3ccccc3)c12. The molecule has 108 valence electrons. The van der Waals surface area contributed by atoms with Gasteiger partial charge < -0.3 is 11.1 Å². The number of hydrogen-bond acceptors (Lipinski definition) is 5. The number of nitrogens with one attached hydrogen (secondary N) is 1. The van der Waals surface area contributed by atoms with Gasteiger partial charge in [-0.25, -0.2) is 9.97 Å². The molecule has 2 aromatic heterocycles. The fraction of sp³-hybridized carbons (Fsp3) is 0.250. The van der Waals surface area contributed by atoms with Gasteiger partial charge in [-0.15, -0.1) is 11.3 Å². The third-order valence-electron chi connectivity index (χ3n) is 3.38. The molecule has 4 nitrogen and oxygen atoms in total. The van der Waals surface area contributed by atoms with E-state index in [9.17, 15) is 0 Å². The minimum Gasteiger partial charge on any atom is -0.369 e. The summed E-state index contributed by atoms with van der Waals surface area (Å²) in [6, 6.07) is 10.4. The van der Waals surface area contributed by atoms with Gasteiger partial charge in [0.2, 0.25) is 0 Å². The van der Waals surface area contributed by atoms with Crippen LogP contribution in [0, 0.1) is 0 Å². The van der Waals surface area contributed by atoms with Crippen LogP contribution in [-0.2, 0) is 0 Å². The third-order valence-corrected chi connectivity index (χ3v) is 4.26. The second-order valence-electron chi connectivity index (χ2n) is 4.84. The maximum absolute atomic E-state index is 5.53. The number of aromatic nitrogens is 2. The van der Waals surface area contributed by atoms with Crippen LogP contribution in [0.5, 0.6) is 0 Å². The minimum atomic E-state index is 0.731. The fourth-order valence-corrected chi connectivity index (χ4v) is 3.23. The predicted octanol–water partition coefficient (Wildman–Crippen LogP) is 3.51. The Hall–Kier alpha value is -1.98. The van der Waals surface area contributed by atoms with Crippen LogP contribution in [0.25, 0.3) is 21.3 Å². The first-order valence-electron chi connectivity index (χ1n) is 7.11. The number of hydrogen-bond donors (Lipinski definition) is 2. The van der Waals surface area contributed by atoms with E-state index >= 15 is 0 Å². The number of nitrogens with two attached hydrogens (primary N) is 1. The van der Waals surface area contributed by atoms with Gasteiger partial charge >= 0.3 is 0 Å². The Bertz CT molecular complexity index is 709. The summed E-state index contributed by atoms with van der Waals surface area (Å²) in [6.07, 6.45) is 3.70. The van der Waals surface area contributed by atoms with Crippen LogP contribution in [0.4, 0.5) is 5.82 Å². The van der Waals surface area contributed by atoms with E-state index in [-0.39, 0.29) is 0 Å². The summed E-state index contributed by atoms with van der Waals surface area (Å²) in [7, 11) is 0. The van der Waals surface area contributed by atoms with Crippen LogP contribution >= 0.6 is 11.3 Å². The van der Waals surface area contributed by atoms with Crippen molar-refractivity contribution in [2.45, 2.75) is 12.8 Å². The van der Waals surface area contributed by atoms with E-state index in [1.54, 1.807) is 17.7 Å². The quantitative estimate of drug-likeness (QED) is 0.684. The lowest BCUT2D eigenvalue weighted by atomic mass is 10.1. The van der Waals surface area contributed by atoms with Crippen LogP contribution in [0.3, 0.4) is 0 Å². The first-order chi connectivity index (χ1) is 10.4. The molecule has 3 aromatic rings. The van der Waals surface area contributed by atoms with Crippen molar-refractivity contribution >= 4 is 27.4 Å². The zero-order chi connectivity index (χ0) is 14.5. The Morgan fingerprint density at radius 2 is 1.95 bits per heavy atom. The molecule has 0 amide bonds. The Kier molecular flexibility index (Phi) is 4.43. The molecule has 0 atom stereocenters. The van der Waals surface area contributed by atoms with Crippen molar-refractivity contribution in [1.82, 2.24) is 9.97 Å². The van der Waals surface area contributed by atoms with Crippen molar-refractivity contribution in [2.24, 2.45) is 5.73 Å². The molecular formula is C16H18N4S. The highest BCUT2D eigenvalue weighted by molar-refractivity contribution is 7.17. The number of fused-ring (bicyclic) bond motifs is 1. The molecule has 0 saturated heterocycles. The fourth-order valence-electron chi connectivity index (χ4n) is 2.32. The minimum absolute atomic E-state index is 0.731. The summed E-state index contributed by atoms with van der Waals surface area (Å²) in [5.74, 6) is 0.914. The molecule has 3 rings (SSSR count). The molecule has 0 bridgehead atoms. The number of anilines is 1. The zero-order valence-electron chi connectivity index (χ0n) is 11.7. The van der Waals surface area contributed by atoms with Crippen molar-refractivity contribution in [3.63, 3.8) is 0 Å². The van der Waals surface area contributed by atoms with Crippen molar-refractivity contribution in [1.29, 1.82) is 0 Å². The third kappa shape index (κ3) is 3.04. The van der Waals surface area contributed by atoms with E-state index in [0.29, 0.717) is 0 Å². The largest absolute Gasteiger partial charge is 0.369 e. The molecule has 0 spiro atoms. The number of thiophene rings is 1. The lowest BCUT2D eigenvalue weighted by molar-refractivity contribution is 0.773. The van der Waals surface area contributed by atoms with Crippen molar-refractivity contribution in [3.05, 3.63) is 42.0 Å². The highest BCUT2D eigenvalue weighted by atomic mass is 32.1. The van der Waals surface area contributed by atoms with Crippen LogP contribution in [0.15, 0.2) is 42.0 Å². The number of nitrogens with zero attached hydrogens (tertiary/aromatic N) is 2. The maximum atomic E-state index is 5.53. The molecule has 0 radical (unpaired) electrons. The van der Waals surface area contributed by atoms with Gasteiger partial charge in [0.15, 0.2) is 0 Å². The van der Waals surface area contributed by atoms with Gasteiger partial charge in [-0.05, 0) is 24.9 Å². The Balaban J connectivity index is 1.95. The topological polar surface area (TPSA) is 63.8 Å². The Morgan fingerprint density at radius 3 is 2.76 bits per heavy atom. The first kappa shape index (κ1) is 14.0. The molecule has 0 aliphatic carbocycles. The summed E-state index contributed by atoms with van der Waals surface area (Å²) < 4.78 is 0. The van der Waals surface area contributed by atoms with Gasteiger partial charge in [0.05, 0.1) is 5.39 Å². The molecule has 5 heteroatoms. The summed E-state index contributed by atoms with van der Waals surface area (Å²) in [4.78, 5) is 9.81. The molecule has 0 aliphatic rings.